The monoisotopic (exact) mass is 538 g/mol. The van der Waals surface area contributed by atoms with Crippen molar-refractivity contribution in [2.24, 2.45) is 4.99 Å². The number of carbonyl (C=O) groups excluding carboxylic acids is 1. The molecule has 160 valence electrons. The first-order valence-corrected chi connectivity index (χ1v) is 9.72. The van der Waals surface area contributed by atoms with Crippen LogP contribution in [0.1, 0.15) is 45.8 Å². The standard InChI is InChI=1S/C19H24F2N4O2S.HI/c1-5-27-18(26)16-11(2)24-17(28-16)12(3)25-19(22-4)23-9-8-13-6-7-14(20)10-15(13)21;/h6-7,10,12H,5,8-9H2,1-4H3,(H2,22,23,25);1H. The summed E-state index contributed by atoms with van der Waals surface area (Å²) in [5.41, 5.74) is 1.05. The molecule has 1 heterocycles. The number of aliphatic imine (C=N–C) groups is 1. The molecule has 0 saturated carbocycles. The van der Waals surface area contributed by atoms with Crippen molar-refractivity contribution in [1.82, 2.24) is 15.6 Å². The summed E-state index contributed by atoms with van der Waals surface area (Å²) < 4.78 is 31.7. The maximum Gasteiger partial charge on any atom is 0.350 e. The Balaban J connectivity index is 0.00000420. The molecule has 29 heavy (non-hydrogen) atoms. The first kappa shape index (κ1) is 25.2. The van der Waals surface area contributed by atoms with Crippen molar-refractivity contribution in [3.05, 3.63) is 51.0 Å². The van der Waals surface area contributed by atoms with E-state index in [4.69, 9.17) is 4.74 Å². The van der Waals surface area contributed by atoms with E-state index in [0.29, 0.717) is 41.7 Å². The lowest BCUT2D eigenvalue weighted by atomic mass is 10.1. The van der Waals surface area contributed by atoms with E-state index in [-0.39, 0.29) is 36.0 Å². The molecule has 0 fully saturated rings. The number of halogens is 3. The predicted molar refractivity (Wildman–Crippen MR) is 121 cm³/mol. The molecule has 2 rings (SSSR count). The lowest BCUT2D eigenvalue weighted by Crippen LogP contribution is -2.39. The lowest BCUT2D eigenvalue weighted by molar-refractivity contribution is 0.0531. The Bertz CT molecular complexity index is 861. The van der Waals surface area contributed by atoms with Gasteiger partial charge in [-0.15, -0.1) is 35.3 Å². The van der Waals surface area contributed by atoms with Gasteiger partial charge in [0.1, 0.15) is 21.5 Å². The molecule has 2 aromatic rings. The summed E-state index contributed by atoms with van der Waals surface area (Å²) >= 11 is 1.28. The van der Waals surface area contributed by atoms with E-state index in [1.165, 1.54) is 23.5 Å². The Morgan fingerprint density at radius 1 is 1.38 bits per heavy atom. The van der Waals surface area contributed by atoms with Crippen LogP contribution in [0.4, 0.5) is 8.78 Å². The third-order valence-electron chi connectivity index (χ3n) is 3.92. The van der Waals surface area contributed by atoms with Crippen molar-refractivity contribution in [2.45, 2.75) is 33.2 Å². The second-order valence-corrected chi connectivity index (χ2v) is 7.07. The predicted octanol–water partition coefficient (Wildman–Crippen LogP) is 3.99. The van der Waals surface area contributed by atoms with Gasteiger partial charge in [0, 0.05) is 19.7 Å². The molecule has 1 unspecified atom stereocenters. The lowest BCUT2D eigenvalue weighted by Gasteiger charge is -2.16. The van der Waals surface area contributed by atoms with Gasteiger partial charge < -0.3 is 15.4 Å². The summed E-state index contributed by atoms with van der Waals surface area (Å²) in [5, 5.41) is 7.00. The number of esters is 1. The Morgan fingerprint density at radius 2 is 2.10 bits per heavy atom. The minimum atomic E-state index is -0.596. The van der Waals surface area contributed by atoms with E-state index in [0.717, 1.165) is 11.1 Å². The van der Waals surface area contributed by atoms with Gasteiger partial charge in [-0.2, -0.15) is 0 Å². The van der Waals surface area contributed by atoms with Crippen molar-refractivity contribution in [2.75, 3.05) is 20.2 Å². The van der Waals surface area contributed by atoms with Crippen LogP contribution in [0.15, 0.2) is 23.2 Å². The second kappa shape index (κ2) is 12.0. The zero-order valence-electron chi connectivity index (χ0n) is 16.7. The highest BCUT2D eigenvalue weighted by molar-refractivity contribution is 14.0. The maximum absolute atomic E-state index is 13.7. The molecule has 0 bridgehead atoms. The van der Waals surface area contributed by atoms with Crippen LogP contribution in [-0.4, -0.2) is 37.1 Å². The fourth-order valence-electron chi connectivity index (χ4n) is 2.49. The van der Waals surface area contributed by atoms with E-state index in [2.05, 4.69) is 20.6 Å². The molecule has 1 aromatic carbocycles. The number of aromatic nitrogens is 1. The molecule has 1 aromatic heterocycles. The molecule has 0 aliphatic heterocycles. The SMILES string of the molecule is CCOC(=O)c1sc(C(C)NC(=NC)NCCc2ccc(F)cc2F)nc1C.I. The van der Waals surface area contributed by atoms with Gasteiger partial charge in [-0.3, -0.25) is 4.99 Å². The van der Waals surface area contributed by atoms with E-state index >= 15 is 0 Å². The third-order valence-corrected chi connectivity index (χ3v) is 5.24. The number of guanidine groups is 1. The zero-order chi connectivity index (χ0) is 20.7. The van der Waals surface area contributed by atoms with Crippen LogP contribution >= 0.6 is 35.3 Å². The number of carbonyl (C=O) groups is 1. The van der Waals surface area contributed by atoms with Gasteiger partial charge in [0.2, 0.25) is 0 Å². The molecule has 0 aliphatic rings. The van der Waals surface area contributed by atoms with Gasteiger partial charge in [0.05, 0.1) is 18.3 Å². The van der Waals surface area contributed by atoms with Crippen LogP contribution in [0.5, 0.6) is 0 Å². The van der Waals surface area contributed by atoms with Crippen LogP contribution in [0, 0.1) is 18.6 Å². The molecule has 10 heteroatoms. The van der Waals surface area contributed by atoms with E-state index in [9.17, 15) is 13.6 Å². The number of ether oxygens (including phenoxy) is 1. The molecule has 1 atom stereocenters. The molecule has 0 spiro atoms. The van der Waals surface area contributed by atoms with Gasteiger partial charge >= 0.3 is 5.97 Å². The number of benzene rings is 1. The molecular weight excluding hydrogens is 513 g/mol. The van der Waals surface area contributed by atoms with E-state index in [1.54, 1.807) is 20.9 Å². The minimum Gasteiger partial charge on any atom is -0.462 e. The highest BCUT2D eigenvalue weighted by Crippen LogP contribution is 2.24. The number of thiazole rings is 1. The Kier molecular flexibility index (Phi) is 10.4. The van der Waals surface area contributed by atoms with Crippen molar-refractivity contribution < 1.29 is 18.3 Å². The van der Waals surface area contributed by atoms with Crippen molar-refractivity contribution in [3.63, 3.8) is 0 Å². The minimum absolute atomic E-state index is 0. The molecule has 0 radical (unpaired) electrons. The number of hydrogen-bond donors (Lipinski definition) is 2. The van der Waals surface area contributed by atoms with Gasteiger partial charge in [0.15, 0.2) is 5.96 Å². The zero-order valence-corrected chi connectivity index (χ0v) is 19.9. The average Bonchev–Trinajstić information content (AvgIpc) is 3.04. The van der Waals surface area contributed by atoms with Gasteiger partial charge in [-0.25, -0.2) is 18.6 Å². The smallest absolute Gasteiger partial charge is 0.350 e. The molecule has 6 nitrogen and oxygen atoms in total. The summed E-state index contributed by atoms with van der Waals surface area (Å²) in [6.07, 6.45) is 0.380. The normalized spacial score (nSPS) is 12.1. The van der Waals surface area contributed by atoms with Crippen LogP contribution in [0.3, 0.4) is 0 Å². The van der Waals surface area contributed by atoms with Gasteiger partial charge in [0.25, 0.3) is 0 Å². The highest BCUT2D eigenvalue weighted by atomic mass is 127. The Morgan fingerprint density at radius 3 is 2.72 bits per heavy atom. The van der Waals surface area contributed by atoms with Crippen LogP contribution in [0.25, 0.3) is 0 Å². The number of rotatable bonds is 7. The largest absolute Gasteiger partial charge is 0.462 e. The average molecular weight is 538 g/mol. The summed E-state index contributed by atoms with van der Waals surface area (Å²) in [6.45, 7) is 6.15. The van der Waals surface area contributed by atoms with Gasteiger partial charge in [-0.05, 0) is 38.8 Å². The topological polar surface area (TPSA) is 75.6 Å². The fraction of sp³-hybridized carbons (Fsp3) is 0.421. The molecule has 0 saturated heterocycles. The van der Waals surface area contributed by atoms with Crippen LogP contribution in [-0.2, 0) is 11.2 Å². The summed E-state index contributed by atoms with van der Waals surface area (Å²) in [6, 6.07) is 3.34. The van der Waals surface area contributed by atoms with Crippen LogP contribution < -0.4 is 10.6 Å². The highest BCUT2D eigenvalue weighted by Gasteiger charge is 2.20. The van der Waals surface area contributed by atoms with Crippen molar-refractivity contribution in [1.29, 1.82) is 0 Å². The van der Waals surface area contributed by atoms with Crippen molar-refractivity contribution in [3.8, 4) is 0 Å². The maximum atomic E-state index is 13.7. The van der Waals surface area contributed by atoms with E-state index in [1.807, 2.05) is 6.92 Å². The Labute approximate surface area is 190 Å². The quantitative estimate of drug-likeness (QED) is 0.242. The van der Waals surface area contributed by atoms with Crippen molar-refractivity contribution >= 4 is 47.2 Å². The number of nitrogens with one attached hydrogen (secondary N) is 2. The molecule has 2 N–H and O–H groups in total. The summed E-state index contributed by atoms with van der Waals surface area (Å²) in [5.74, 6) is -1.02. The first-order chi connectivity index (χ1) is 13.3. The number of nitrogens with zero attached hydrogens (tertiary/aromatic N) is 2. The second-order valence-electron chi connectivity index (χ2n) is 6.04. The fourth-order valence-corrected chi connectivity index (χ4v) is 3.45. The molecule has 0 amide bonds. The first-order valence-electron chi connectivity index (χ1n) is 8.91. The summed E-state index contributed by atoms with van der Waals surface area (Å²) in [7, 11) is 1.62. The number of aryl methyl sites for hydroxylation is 1. The molecule has 0 aliphatic carbocycles. The van der Waals surface area contributed by atoms with Crippen LogP contribution in [0.2, 0.25) is 0 Å². The Hall–Kier alpha value is -1.82. The van der Waals surface area contributed by atoms with E-state index < -0.39 is 11.6 Å². The van der Waals surface area contributed by atoms with Gasteiger partial charge in [-0.1, -0.05) is 6.07 Å². The molecular formula is C19H25F2IN4O2S. The number of hydrogen-bond acceptors (Lipinski definition) is 5. The summed E-state index contributed by atoms with van der Waals surface area (Å²) in [4.78, 5) is 21.0. The third kappa shape index (κ3) is 7.18.